The maximum Gasteiger partial charge on any atom is 0.209 e. The van der Waals surface area contributed by atoms with Crippen LogP contribution in [0.4, 0.5) is 4.39 Å². The summed E-state index contributed by atoms with van der Waals surface area (Å²) in [6.07, 6.45) is 6.28. The van der Waals surface area contributed by atoms with Gasteiger partial charge in [0, 0.05) is 49.4 Å². The molecule has 0 unspecified atom stereocenters. The number of sulfonamides is 1. The maximum atomic E-state index is 14.6. The van der Waals surface area contributed by atoms with E-state index in [0.29, 0.717) is 51.4 Å². The molecular weight excluding hydrogens is 605 g/mol. The minimum absolute atomic E-state index is 0.0543. The van der Waals surface area contributed by atoms with E-state index in [9.17, 15) is 12.8 Å². The zero-order valence-corrected chi connectivity index (χ0v) is 25.4. The van der Waals surface area contributed by atoms with Crippen molar-refractivity contribution >= 4 is 32.1 Å². The molecule has 7 aromatic rings. The van der Waals surface area contributed by atoms with E-state index in [1.165, 1.54) is 17.7 Å². The fourth-order valence-corrected chi connectivity index (χ4v) is 5.69. The van der Waals surface area contributed by atoms with E-state index in [2.05, 4.69) is 53.4 Å². The smallest absolute Gasteiger partial charge is 0.209 e. The van der Waals surface area contributed by atoms with Crippen LogP contribution in [0.3, 0.4) is 0 Å². The molecule has 4 N–H and O–H groups in total. The Morgan fingerprint density at radius 3 is 2.43 bits per heavy atom. The van der Waals surface area contributed by atoms with Gasteiger partial charge in [-0.15, -0.1) is 0 Å². The van der Waals surface area contributed by atoms with Gasteiger partial charge in [0.1, 0.15) is 16.9 Å². The molecule has 2 aromatic carbocycles. The molecule has 230 valence electrons. The molecule has 5 aromatic heterocycles. The van der Waals surface area contributed by atoms with Crippen LogP contribution in [-0.4, -0.2) is 49.8 Å². The summed E-state index contributed by atoms with van der Waals surface area (Å²) in [5, 5.41) is 11.0. The van der Waals surface area contributed by atoms with Crippen molar-refractivity contribution in [1.82, 2.24) is 45.2 Å². The highest BCUT2D eigenvalue weighted by Crippen LogP contribution is 2.31. The zero-order chi connectivity index (χ0) is 31.7. The van der Waals surface area contributed by atoms with Gasteiger partial charge in [-0.3, -0.25) is 15.1 Å². The van der Waals surface area contributed by atoms with Gasteiger partial charge < -0.3 is 10.3 Å². The third kappa shape index (κ3) is 6.38. The van der Waals surface area contributed by atoms with Gasteiger partial charge in [-0.25, -0.2) is 27.5 Å². The van der Waals surface area contributed by atoms with Crippen LogP contribution in [0.15, 0.2) is 91.4 Å². The van der Waals surface area contributed by atoms with Gasteiger partial charge in [0.2, 0.25) is 10.0 Å². The van der Waals surface area contributed by atoms with Gasteiger partial charge in [0.05, 0.1) is 28.7 Å². The maximum absolute atomic E-state index is 14.6. The molecule has 46 heavy (non-hydrogen) atoms. The molecule has 11 nitrogen and oxygen atoms in total. The third-order valence-electron chi connectivity index (χ3n) is 7.39. The average Bonchev–Trinajstić information content (AvgIpc) is 3.68. The van der Waals surface area contributed by atoms with Gasteiger partial charge >= 0.3 is 0 Å². The van der Waals surface area contributed by atoms with Crippen LogP contribution in [0.5, 0.6) is 0 Å². The second-order valence-corrected chi connectivity index (χ2v) is 12.8. The lowest BCUT2D eigenvalue weighted by Crippen LogP contribution is -2.21. The van der Waals surface area contributed by atoms with E-state index >= 15 is 0 Å². The van der Waals surface area contributed by atoms with Gasteiger partial charge in [-0.1, -0.05) is 30.3 Å². The normalized spacial score (nSPS) is 11.9. The second kappa shape index (κ2) is 12.2. The number of rotatable bonds is 10. The largest absolute Gasteiger partial charge is 0.336 e. The van der Waals surface area contributed by atoms with Crippen molar-refractivity contribution in [3.8, 4) is 34.0 Å². The second-order valence-electron chi connectivity index (χ2n) is 10.9. The third-order valence-corrected chi connectivity index (χ3v) is 8.06. The molecular formula is C33H28FN9O2S. The topological polar surface area (TPSA) is 154 Å². The lowest BCUT2D eigenvalue weighted by Gasteiger charge is -2.07. The summed E-state index contributed by atoms with van der Waals surface area (Å²) >= 11 is 0. The standard InChI is InChI=1S/C33H28FN9O2S/c1-46(44,45)38-18-21-11-23(14-25(34)13-21)29-30-27(9-10-37-29)40-33(41-30)32-31-28(42-43-32)8-7-26(39-31)24-12-22(17-36-19-24)16-35-15-20-5-3-2-4-6-20/h2-14,17,19,35,38H,15-16,18H2,1H3,(H,40,41)(H,42,43). The first-order valence-electron chi connectivity index (χ1n) is 14.4. The van der Waals surface area contributed by atoms with Crippen LogP contribution >= 0.6 is 0 Å². The highest BCUT2D eigenvalue weighted by atomic mass is 32.2. The number of nitrogens with zero attached hydrogens (tertiary/aromatic N) is 5. The molecule has 0 saturated carbocycles. The van der Waals surface area contributed by atoms with E-state index in [4.69, 9.17) is 9.97 Å². The molecule has 13 heteroatoms. The number of H-pyrrole nitrogens is 2. The minimum atomic E-state index is -3.45. The number of hydrogen-bond donors (Lipinski definition) is 4. The van der Waals surface area contributed by atoms with E-state index in [0.717, 1.165) is 35.1 Å². The number of fused-ring (bicyclic) bond motifs is 2. The van der Waals surface area contributed by atoms with Crippen LogP contribution in [0.25, 0.3) is 56.1 Å². The number of imidazole rings is 1. The quantitative estimate of drug-likeness (QED) is 0.162. The monoisotopic (exact) mass is 633 g/mol. The molecule has 0 aliphatic rings. The molecule has 7 rings (SSSR count). The molecule has 0 aliphatic carbocycles. The predicted molar refractivity (Wildman–Crippen MR) is 174 cm³/mol. The Morgan fingerprint density at radius 1 is 0.783 bits per heavy atom. The molecule has 0 amide bonds. The van der Waals surface area contributed by atoms with E-state index in [1.807, 2.05) is 36.5 Å². The van der Waals surface area contributed by atoms with Crippen LogP contribution in [-0.2, 0) is 29.7 Å². The van der Waals surface area contributed by atoms with Crippen molar-refractivity contribution in [2.24, 2.45) is 0 Å². The number of hydrogen-bond acceptors (Lipinski definition) is 8. The average molecular weight is 634 g/mol. The summed E-state index contributed by atoms with van der Waals surface area (Å²) in [4.78, 5) is 22.0. The molecule has 0 bridgehead atoms. The Bertz CT molecular complexity index is 2300. The minimum Gasteiger partial charge on any atom is -0.336 e. The van der Waals surface area contributed by atoms with Crippen LogP contribution in [0.2, 0.25) is 0 Å². The first-order chi connectivity index (χ1) is 22.3. The first-order valence-corrected chi connectivity index (χ1v) is 16.3. The van der Waals surface area contributed by atoms with Crippen LogP contribution in [0, 0.1) is 5.82 Å². The molecule has 0 radical (unpaired) electrons. The molecule has 0 atom stereocenters. The van der Waals surface area contributed by atoms with E-state index in [1.54, 1.807) is 24.5 Å². The fraction of sp³-hybridized carbons (Fsp3) is 0.121. The van der Waals surface area contributed by atoms with Gasteiger partial charge in [0.15, 0.2) is 11.5 Å². The number of nitrogens with one attached hydrogen (secondary N) is 4. The number of halogens is 1. The first kappa shape index (κ1) is 29.3. The number of pyridine rings is 3. The van der Waals surface area contributed by atoms with Crippen molar-refractivity contribution in [1.29, 1.82) is 0 Å². The number of aromatic nitrogens is 7. The predicted octanol–water partition coefficient (Wildman–Crippen LogP) is 5.10. The van der Waals surface area contributed by atoms with Gasteiger partial charge in [-0.05, 0) is 59.2 Å². The Hall–Kier alpha value is -5.37. The molecule has 5 heterocycles. The van der Waals surface area contributed by atoms with Crippen molar-refractivity contribution < 1.29 is 12.8 Å². The summed E-state index contributed by atoms with van der Waals surface area (Å²) in [5.41, 5.74) is 8.28. The number of aromatic amines is 2. The Labute approximate surface area is 263 Å². The summed E-state index contributed by atoms with van der Waals surface area (Å²) in [6, 6.07) is 22.2. The zero-order valence-electron chi connectivity index (χ0n) is 24.6. The Morgan fingerprint density at radius 2 is 1.59 bits per heavy atom. The van der Waals surface area contributed by atoms with Crippen LogP contribution in [0.1, 0.15) is 16.7 Å². The Kier molecular flexibility index (Phi) is 7.78. The lowest BCUT2D eigenvalue weighted by molar-refractivity contribution is 0.586. The Balaban J connectivity index is 1.19. The van der Waals surface area contributed by atoms with E-state index in [-0.39, 0.29) is 6.54 Å². The van der Waals surface area contributed by atoms with Crippen LogP contribution < -0.4 is 10.0 Å². The van der Waals surface area contributed by atoms with Crippen molar-refractivity contribution in [2.45, 2.75) is 19.6 Å². The van der Waals surface area contributed by atoms with Crippen molar-refractivity contribution in [3.63, 3.8) is 0 Å². The summed E-state index contributed by atoms with van der Waals surface area (Å²) in [7, 11) is -3.45. The molecule has 0 saturated heterocycles. The molecule has 0 fully saturated rings. The highest BCUT2D eigenvalue weighted by molar-refractivity contribution is 7.88. The molecule has 0 aliphatic heterocycles. The fourth-order valence-electron chi connectivity index (χ4n) is 5.26. The van der Waals surface area contributed by atoms with Gasteiger partial charge in [-0.2, -0.15) is 5.10 Å². The van der Waals surface area contributed by atoms with Crippen molar-refractivity contribution in [3.05, 3.63) is 114 Å². The summed E-state index contributed by atoms with van der Waals surface area (Å²) in [5.74, 6) is -0.0505. The molecule has 0 spiro atoms. The summed E-state index contributed by atoms with van der Waals surface area (Å²) < 4.78 is 40.2. The lowest BCUT2D eigenvalue weighted by atomic mass is 10.1. The SMILES string of the molecule is CS(=O)(=O)NCc1cc(F)cc(-c2nccc3[nH]c(-c4n[nH]c5ccc(-c6cncc(CNCc7ccccc7)c6)nc45)nc23)c1. The highest BCUT2D eigenvalue weighted by Gasteiger charge is 2.18. The van der Waals surface area contributed by atoms with Crippen molar-refractivity contribution in [2.75, 3.05) is 6.26 Å². The van der Waals surface area contributed by atoms with E-state index < -0.39 is 15.8 Å². The van der Waals surface area contributed by atoms with Gasteiger partial charge in [0.25, 0.3) is 0 Å². The summed E-state index contributed by atoms with van der Waals surface area (Å²) in [6.45, 7) is 1.36. The number of benzene rings is 2.